The third-order valence-electron chi connectivity index (χ3n) is 2.59. The van der Waals surface area contributed by atoms with Gasteiger partial charge >= 0.3 is 0 Å². The highest BCUT2D eigenvalue weighted by Gasteiger charge is 2.20. The van der Waals surface area contributed by atoms with E-state index in [4.69, 9.17) is 4.74 Å². The molecule has 0 N–H and O–H groups in total. The molecule has 78 valence electrons. The van der Waals surface area contributed by atoms with E-state index >= 15 is 0 Å². The molecule has 2 rings (SSSR count). The average Bonchev–Trinajstić information content (AvgIpc) is 2.61. The Hall–Kier alpha value is -0.350. The van der Waals surface area contributed by atoms with Gasteiger partial charge in [-0.3, -0.25) is 4.68 Å². The molecule has 1 atom stereocenters. The van der Waals surface area contributed by atoms with E-state index in [0.29, 0.717) is 0 Å². The second kappa shape index (κ2) is 4.45. The van der Waals surface area contributed by atoms with Gasteiger partial charge in [-0.2, -0.15) is 5.10 Å². The van der Waals surface area contributed by atoms with Gasteiger partial charge < -0.3 is 4.74 Å². The third-order valence-corrected chi connectivity index (χ3v) is 2.98. The Balaban J connectivity index is 2.20. The first-order valence-electron chi connectivity index (χ1n) is 5.16. The number of halogens is 1. The maximum atomic E-state index is 5.74. The minimum atomic E-state index is 0.252. The minimum absolute atomic E-state index is 0.252. The van der Waals surface area contributed by atoms with Crippen LogP contribution < -0.4 is 0 Å². The molecule has 3 nitrogen and oxygen atoms in total. The zero-order valence-electron chi connectivity index (χ0n) is 8.37. The van der Waals surface area contributed by atoms with Crippen molar-refractivity contribution < 1.29 is 4.74 Å². The van der Waals surface area contributed by atoms with Crippen LogP contribution in [0.1, 0.15) is 38.0 Å². The van der Waals surface area contributed by atoms with E-state index in [1.165, 1.54) is 18.5 Å². The third kappa shape index (κ3) is 2.01. The topological polar surface area (TPSA) is 27.1 Å². The fraction of sp³-hybridized carbons (Fsp3) is 0.700. The van der Waals surface area contributed by atoms with E-state index in [9.17, 15) is 0 Å². The van der Waals surface area contributed by atoms with Crippen LogP contribution in [-0.2, 0) is 11.3 Å². The Labute approximate surface area is 92.6 Å². The summed E-state index contributed by atoms with van der Waals surface area (Å²) in [6.45, 7) is 3.89. The lowest BCUT2D eigenvalue weighted by Crippen LogP contribution is -2.15. The number of aromatic nitrogens is 2. The first kappa shape index (κ1) is 10.2. The van der Waals surface area contributed by atoms with Gasteiger partial charge in [0.25, 0.3) is 0 Å². The van der Waals surface area contributed by atoms with Gasteiger partial charge in [-0.15, -0.1) is 0 Å². The lowest BCUT2D eigenvalue weighted by atomic mass is 10.1. The fourth-order valence-electron chi connectivity index (χ4n) is 1.88. The molecule has 0 aromatic carbocycles. The first-order chi connectivity index (χ1) is 6.81. The molecule has 1 saturated heterocycles. The quantitative estimate of drug-likeness (QED) is 0.816. The highest BCUT2D eigenvalue weighted by molar-refractivity contribution is 9.10. The summed E-state index contributed by atoms with van der Waals surface area (Å²) in [4.78, 5) is 0. The van der Waals surface area contributed by atoms with Crippen molar-refractivity contribution in [2.24, 2.45) is 0 Å². The SMILES string of the molecule is CCn1nc(Br)cc1C1CCCCO1. The van der Waals surface area contributed by atoms with Gasteiger partial charge in [-0.25, -0.2) is 0 Å². The van der Waals surface area contributed by atoms with Crippen molar-refractivity contribution in [3.8, 4) is 0 Å². The zero-order valence-corrected chi connectivity index (χ0v) is 9.96. The summed E-state index contributed by atoms with van der Waals surface area (Å²) in [7, 11) is 0. The molecule has 2 heterocycles. The van der Waals surface area contributed by atoms with Crippen LogP contribution in [0.3, 0.4) is 0 Å². The molecule has 1 fully saturated rings. The van der Waals surface area contributed by atoms with Crippen molar-refractivity contribution in [2.45, 2.75) is 38.8 Å². The summed E-state index contributed by atoms with van der Waals surface area (Å²) >= 11 is 3.40. The van der Waals surface area contributed by atoms with Crippen molar-refractivity contribution in [2.75, 3.05) is 6.61 Å². The van der Waals surface area contributed by atoms with Crippen molar-refractivity contribution in [3.05, 3.63) is 16.4 Å². The minimum Gasteiger partial charge on any atom is -0.372 e. The smallest absolute Gasteiger partial charge is 0.128 e. The number of aryl methyl sites for hydroxylation is 1. The number of ether oxygens (including phenoxy) is 1. The molecular weight excluding hydrogens is 244 g/mol. The molecule has 0 spiro atoms. The zero-order chi connectivity index (χ0) is 9.97. The molecule has 0 radical (unpaired) electrons. The lowest BCUT2D eigenvalue weighted by molar-refractivity contribution is 0.00957. The fourth-order valence-corrected chi connectivity index (χ4v) is 2.31. The van der Waals surface area contributed by atoms with Crippen LogP contribution in [0.25, 0.3) is 0 Å². The predicted octanol–water partition coefficient (Wildman–Crippen LogP) is 2.91. The van der Waals surface area contributed by atoms with Gasteiger partial charge in [0.15, 0.2) is 0 Å². The van der Waals surface area contributed by atoms with Crippen molar-refractivity contribution in [1.29, 1.82) is 0 Å². The highest BCUT2D eigenvalue weighted by Crippen LogP contribution is 2.29. The first-order valence-corrected chi connectivity index (χ1v) is 5.95. The Morgan fingerprint density at radius 1 is 1.64 bits per heavy atom. The summed E-state index contributed by atoms with van der Waals surface area (Å²) < 4.78 is 8.66. The van der Waals surface area contributed by atoms with Crippen LogP contribution >= 0.6 is 15.9 Å². The molecule has 1 aromatic heterocycles. The highest BCUT2D eigenvalue weighted by atomic mass is 79.9. The van der Waals surface area contributed by atoms with Crippen molar-refractivity contribution in [3.63, 3.8) is 0 Å². The summed E-state index contributed by atoms with van der Waals surface area (Å²) in [6, 6.07) is 2.07. The molecule has 1 aliphatic rings. The summed E-state index contributed by atoms with van der Waals surface area (Å²) in [6.07, 6.45) is 3.83. The molecule has 0 saturated carbocycles. The van der Waals surface area contributed by atoms with Crippen LogP contribution in [0.15, 0.2) is 10.7 Å². The van der Waals surface area contributed by atoms with Crippen LogP contribution in [0, 0.1) is 0 Å². The van der Waals surface area contributed by atoms with Gasteiger partial charge in [0.05, 0.1) is 11.8 Å². The van der Waals surface area contributed by atoms with E-state index in [2.05, 4.69) is 34.0 Å². The van der Waals surface area contributed by atoms with Crippen LogP contribution in [-0.4, -0.2) is 16.4 Å². The number of hydrogen-bond acceptors (Lipinski definition) is 2. The normalized spacial score (nSPS) is 22.6. The van der Waals surface area contributed by atoms with E-state index in [1.54, 1.807) is 0 Å². The summed E-state index contributed by atoms with van der Waals surface area (Å²) in [5, 5.41) is 4.36. The van der Waals surface area contributed by atoms with Crippen molar-refractivity contribution >= 4 is 15.9 Å². The van der Waals surface area contributed by atoms with Crippen LogP contribution in [0.5, 0.6) is 0 Å². The number of rotatable bonds is 2. The number of hydrogen-bond donors (Lipinski definition) is 0. The van der Waals surface area contributed by atoms with E-state index in [1.807, 2.05) is 4.68 Å². The molecule has 0 aliphatic carbocycles. The molecule has 1 aliphatic heterocycles. The second-order valence-electron chi connectivity index (χ2n) is 3.56. The standard InChI is InChI=1S/C10H15BrN2O/c1-2-13-8(7-10(11)12-13)9-5-3-4-6-14-9/h7,9H,2-6H2,1H3. The molecular formula is C10H15BrN2O. The maximum absolute atomic E-state index is 5.74. The second-order valence-corrected chi connectivity index (χ2v) is 4.38. The maximum Gasteiger partial charge on any atom is 0.128 e. The Morgan fingerprint density at radius 3 is 3.14 bits per heavy atom. The van der Waals surface area contributed by atoms with E-state index in [0.717, 1.165) is 24.2 Å². The van der Waals surface area contributed by atoms with E-state index < -0.39 is 0 Å². The van der Waals surface area contributed by atoms with Gasteiger partial charge in [-0.1, -0.05) is 0 Å². The average molecular weight is 259 g/mol. The summed E-state index contributed by atoms with van der Waals surface area (Å²) in [5.41, 5.74) is 1.21. The van der Waals surface area contributed by atoms with Gasteiger partial charge in [0.1, 0.15) is 4.60 Å². The summed E-state index contributed by atoms with van der Waals surface area (Å²) in [5.74, 6) is 0. The van der Waals surface area contributed by atoms with Gasteiger partial charge in [-0.05, 0) is 48.2 Å². The largest absolute Gasteiger partial charge is 0.372 e. The molecule has 0 amide bonds. The lowest BCUT2D eigenvalue weighted by Gasteiger charge is -2.22. The molecule has 1 unspecified atom stereocenters. The molecule has 4 heteroatoms. The van der Waals surface area contributed by atoms with Gasteiger partial charge in [0, 0.05) is 13.2 Å². The Bertz CT molecular complexity index is 305. The Morgan fingerprint density at radius 2 is 2.50 bits per heavy atom. The predicted molar refractivity (Wildman–Crippen MR) is 58.1 cm³/mol. The van der Waals surface area contributed by atoms with Crippen LogP contribution in [0.4, 0.5) is 0 Å². The molecule has 14 heavy (non-hydrogen) atoms. The Kier molecular flexibility index (Phi) is 3.23. The monoisotopic (exact) mass is 258 g/mol. The van der Waals surface area contributed by atoms with Crippen LogP contribution in [0.2, 0.25) is 0 Å². The molecule has 1 aromatic rings. The number of nitrogens with zero attached hydrogens (tertiary/aromatic N) is 2. The molecule has 0 bridgehead atoms. The van der Waals surface area contributed by atoms with Crippen molar-refractivity contribution in [1.82, 2.24) is 9.78 Å². The van der Waals surface area contributed by atoms with E-state index in [-0.39, 0.29) is 6.10 Å². The van der Waals surface area contributed by atoms with Gasteiger partial charge in [0.2, 0.25) is 0 Å².